The highest BCUT2D eigenvalue weighted by Gasteiger charge is 2.06. The number of aryl methyl sites for hydroxylation is 1. The summed E-state index contributed by atoms with van der Waals surface area (Å²) in [7, 11) is 0. The number of pyridine rings is 1. The lowest BCUT2D eigenvalue weighted by Gasteiger charge is -2.08. The summed E-state index contributed by atoms with van der Waals surface area (Å²) >= 11 is 1.74. The number of nitrogen functional groups attached to an aromatic ring is 1. The number of aromatic nitrogens is 1. The third-order valence-electron chi connectivity index (χ3n) is 2.89. The standard InChI is InChI=1S/C16H14N2S/c1-11-9-16(19-13-5-3-2-4-6-13)14-10-12(17)7-8-15(14)18-11/h2-10H,17H2,1H3. The second-order valence-corrected chi connectivity index (χ2v) is 5.57. The van der Waals surface area contributed by atoms with Gasteiger partial charge in [-0.2, -0.15) is 0 Å². The number of rotatable bonds is 2. The van der Waals surface area contributed by atoms with Crippen LogP contribution >= 0.6 is 11.8 Å². The Kier molecular flexibility index (Phi) is 3.13. The van der Waals surface area contributed by atoms with Crippen molar-refractivity contribution in [2.45, 2.75) is 16.7 Å². The summed E-state index contributed by atoms with van der Waals surface area (Å²) < 4.78 is 0. The summed E-state index contributed by atoms with van der Waals surface area (Å²) in [6.45, 7) is 2.02. The van der Waals surface area contributed by atoms with Crippen molar-refractivity contribution in [2.75, 3.05) is 5.73 Å². The van der Waals surface area contributed by atoms with Crippen LogP contribution in [0.15, 0.2) is 64.4 Å². The molecule has 0 fully saturated rings. The molecule has 2 nitrogen and oxygen atoms in total. The van der Waals surface area contributed by atoms with Crippen LogP contribution in [0.25, 0.3) is 10.9 Å². The summed E-state index contributed by atoms with van der Waals surface area (Å²) in [4.78, 5) is 6.96. The minimum atomic E-state index is 0.771. The van der Waals surface area contributed by atoms with Gasteiger partial charge in [-0.25, -0.2) is 0 Å². The normalized spacial score (nSPS) is 10.8. The molecule has 0 amide bonds. The van der Waals surface area contributed by atoms with Crippen LogP contribution in [-0.4, -0.2) is 4.98 Å². The van der Waals surface area contributed by atoms with E-state index in [2.05, 4.69) is 23.2 Å². The lowest BCUT2D eigenvalue weighted by atomic mass is 10.2. The van der Waals surface area contributed by atoms with Crippen LogP contribution < -0.4 is 5.73 Å². The number of nitrogens with two attached hydrogens (primary N) is 1. The van der Waals surface area contributed by atoms with Crippen LogP contribution in [-0.2, 0) is 0 Å². The predicted octanol–water partition coefficient (Wildman–Crippen LogP) is 4.28. The molecule has 2 aromatic carbocycles. The lowest BCUT2D eigenvalue weighted by Crippen LogP contribution is -1.90. The SMILES string of the molecule is Cc1cc(Sc2ccccc2)c2cc(N)ccc2n1. The zero-order valence-corrected chi connectivity index (χ0v) is 11.4. The molecule has 0 aliphatic carbocycles. The average molecular weight is 266 g/mol. The van der Waals surface area contributed by atoms with Crippen LogP contribution in [0.5, 0.6) is 0 Å². The van der Waals surface area contributed by atoms with E-state index in [1.807, 2.05) is 43.3 Å². The Balaban J connectivity index is 2.14. The number of fused-ring (bicyclic) bond motifs is 1. The lowest BCUT2D eigenvalue weighted by molar-refractivity contribution is 1.22. The first-order valence-corrected chi connectivity index (χ1v) is 6.94. The number of anilines is 1. The molecule has 0 aliphatic rings. The molecule has 0 saturated heterocycles. The third-order valence-corrected chi connectivity index (χ3v) is 3.96. The van der Waals surface area contributed by atoms with Gasteiger partial charge >= 0.3 is 0 Å². The maximum atomic E-state index is 5.89. The van der Waals surface area contributed by atoms with Gasteiger partial charge in [0.2, 0.25) is 0 Å². The fraction of sp³-hybridized carbons (Fsp3) is 0.0625. The topological polar surface area (TPSA) is 38.9 Å². The van der Waals surface area contributed by atoms with E-state index in [-0.39, 0.29) is 0 Å². The minimum absolute atomic E-state index is 0.771. The van der Waals surface area contributed by atoms with E-state index >= 15 is 0 Å². The van der Waals surface area contributed by atoms with Gasteiger partial charge in [-0.3, -0.25) is 4.98 Å². The number of hydrogen-bond acceptors (Lipinski definition) is 3. The van der Waals surface area contributed by atoms with Crippen LogP contribution in [0.2, 0.25) is 0 Å². The van der Waals surface area contributed by atoms with Gasteiger partial charge in [0, 0.05) is 26.6 Å². The average Bonchev–Trinajstić information content (AvgIpc) is 2.41. The Morgan fingerprint density at radius 1 is 1.00 bits per heavy atom. The molecule has 0 unspecified atom stereocenters. The summed E-state index contributed by atoms with van der Waals surface area (Å²) in [5.74, 6) is 0. The molecule has 1 heterocycles. The minimum Gasteiger partial charge on any atom is -0.399 e. The van der Waals surface area contributed by atoms with Crippen molar-refractivity contribution in [3.05, 3.63) is 60.3 Å². The number of nitrogens with zero attached hydrogens (tertiary/aromatic N) is 1. The van der Waals surface area contributed by atoms with E-state index in [1.165, 1.54) is 9.79 Å². The van der Waals surface area contributed by atoms with Gasteiger partial charge in [0.1, 0.15) is 0 Å². The van der Waals surface area contributed by atoms with Crippen LogP contribution in [0, 0.1) is 6.92 Å². The van der Waals surface area contributed by atoms with Gasteiger partial charge in [-0.15, -0.1) is 0 Å². The number of benzene rings is 2. The van der Waals surface area contributed by atoms with Crippen molar-refractivity contribution in [3.63, 3.8) is 0 Å². The zero-order chi connectivity index (χ0) is 13.2. The van der Waals surface area contributed by atoms with Gasteiger partial charge in [-0.05, 0) is 43.3 Å². The van der Waals surface area contributed by atoms with Gasteiger partial charge in [0.15, 0.2) is 0 Å². The highest BCUT2D eigenvalue weighted by atomic mass is 32.2. The first-order chi connectivity index (χ1) is 9.22. The van der Waals surface area contributed by atoms with Gasteiger partial charge in [-0.1, -0.05) is 30.0 Å². The first kappa shape index (κ1) is 12.1. The molecule has 0 aliphatic heterocycles. The molecule has 19 heavy (non-hydrogen) atoms. The second kappa shape index (κ2) is 4.94. The second-order valence-electron chi connectivity index (χ2n) is 4.45. The Bertz CT molecular complexity index is 723. The predicted molar refractivity (Wildman–Crippen MR) is 81.5 cm³/mol. The molecule has 0 atom stereocenters. The van der Waals surface area contributed by atoms with Gasteiger partial charge < -0.3 is 5.73 Å². The largest absolute Gasteiger partial charge is 0.399 e. The third kappa shape index (κ3) is 2.56. The van der Waals surface area contributed by atoms with Crippen molar-refractivity contribution >= 4 is 28.4 Å². The summed E-state index contributed by atoms with van der Waals surface area (Å²) in [5, 5.41) is 1.11. The molecule has 1 aromatic heterocycles. The van der Waals surface area contributed by atoms with Gasteiger partial charge in [0.25, 0.3) is 0 Å². The fourth-order valence-corrected chi connectivity index (χ4v) is 3.09. The molecular formula is C16H14N2S. The summed E-state index contributed by atoms with van der Waals surface area (Å²) in [6, 6.07) is 18.3. The van der Waals surface area contributed by atoms with E-state index in [4.69, 9.17) is 5.73 Å². The molecule has 3 rings (SSSR count). The molecule has 94 valence electrons. The highest BCUT2D eigenvalue weighted by Crippen LogP contribution is 2.34. The molecule has 0 saturated carbocycles. The van der Waals surface area contributed by atoms with E-state index in [1.54, 1.807) is 11.8 Å². The fourth-order valence-electron chi connectivity index (χ4n) is 2.04. The summed E-state index contributed by atoms with van der Waals surface area (Å²) in [6.07, 6.45) is 0. The maximum Gasteiger partial charge on any atom is 0.0718 e. The van der Waals surface area contributed by atoms with Crippen molar-refractivity contribution in [2.24, 2.45) is 0 Å². The molecule has 0 spiro atoms. The van der Waals surface area contributed by atoms with Crippen molar-refractivity contribution in [1.29, 1.82) is 0 Å². The monoisotopic (exact) mass is 266 g/mol. The van der Waals surface area contributed by atoms with Crippen LogP contribution in [0.3, 0.4) is 0 Å². The Labute approximate surface area is 116 Å². The van der Waals surface area contributed by atoms with Crippen molar-refractivity contribution < 1.29 is 0 Å². The quantitative estimate of drug-likeness (QED) is 0.704. The molecule has 3 aromatic rings. The van der Waals surface area contributed by atoms with Crippen molar-refractivity contribution in [1.82, 2.24) is 4.98 Å². The van der Waals surface area contributed by atoms with E-state index in [9.17, 15) is 0 Å². The zero-order valence-electron chi connectivity index (χ0n) is 10.6. The Morgan fingerprint density at radius 3 is 2.58 bits per heavy atom. The summed E-state index contributed by atoms with van der Waals surface area (Å²) in [5.41, 5.74) is 8.68. The van der Waals surface area contributed by atoms with E-state index in [0.29, 0.717) is 0 Å². The van der Waals surface area contributed by atoms with Crippen LogP contribution in [0.1, 0.15) is 5.69 Å². The smallest absolute Gasteiger partial charge is 0.0718 e. The Morgan fingerprint density at radius 2 is 1.79 bits per heavy atom. The van der Waals surface area contributed by atoms with Gasteiger partial charge in [0.05, 0.1) is 5.52 Å². The van der Waals surface area contributed by atoms with Crippen molar-refractivity contribution in [3.8, 4) is 0 Å². The van der Waals surface area contributed by atoms with E-state index < -0.39 is 0 Å². The molecule has 2 N–H and O–H groups in total. The molecule has 0 bridgehead atoms. The Hall–Kier alpha value is -2.00. The molecule has 0 radical (unpaired) electrons. The first-order valence-electron chi connectivity index (χ1n) is 6.12. The molecule has 3 heteroatoms. The highest BCUT2D eigenvalue weighted by molar-refractivity contribution is 7.99. The van der Waals surface area contributed by atoms with E-state index in [0.717, 1.165) is 22.3 Å². The van der Waals surface area contributed by atoms with Crippen LogP contribution in [0.4, 0.5) is 5.69 Å². The maximum absolute atomic E-state index is 5.89. The molecular weight excluding hydrogens is 252 g/mol. The number of hydrogen-bond donors (Lipinski definition) is 1.